The van der Waals surface area contributed by atoms with Gasteiger partial charge in [0.15, 0.2) is 0 Å². The maximum atomic E-state index is 13.2. The van der Waals surface area contributed by atoms with Crippen LogP contribution in [0.2, 0.25) is 0 Å². The standard InChI is InChI=1S/C25H25N7O/c1-17-7-9-26-21(15-17)30-22-16-23(29-18(2)28-22)31-11-13-32(14-12-31)25(33)24-20-6-4-3-5-19(20)8-10-27-24/h3-10,15-16H,11-14H2,1-2H3,(H,26,28,29,30). The number of piperazine rings is 1. The topological polar surface area (TPSA) is 87.1 Å². The zero-order valence-corrected chi connectivity index (χ0v) is 18.7. The van der Waals surface area contributed by atoms with Crippen LogP contribution in [0.5, 0.6) is 0 Å². The van der Waals surface area contributed by atoms with E-state index >= 15 is 0 Å². The summed E-state index contributed by atoms with van der Waals surface area (Å²) >= 11 is 0. The number of fused-ring (bicyclic) bond motifs is 1. The lowest BCUT2D eigenvalue weighted by Crippen LogP contribution is -2.49. The number of carbonyl (C=O) groups is 1. The van der Waals surface area contributed by atoms with Crippen LogP contribution in [0, 0.1) is 13.8 Å². The maximum absolute atomic E-state index is 13.2. The highest BCUT2D eigenvalue weighted by atomic mass is 16.2. The van der Waals surface area contributed by atoms with Crippen molar-refractivity contribution in [2.45, 2.75) is 13.8 Å². The zero-order valence-electron chi connectivity index (χ0n) is 18.7. The average Bonchev–Trinajstić information content (AvgIpc) is 2.83. The lowest BCUT2D eigenvalue weighted by atomic mass is 10.1. The Hall–Kier alpha value is -4.07. The van der Waals surface area contributed by atoms with Gasteiger partial charge in [-0.05, 0) is 43.0 Å². The third-order valence-corrected chi connectivity index (χ3v) is 5.76. The van der Waals surface area contributed by atoms with E-state index in [-0.39, 0.29) is 5.91 Å². The molecule has 0 atom stereocenters. The summed E-state index contributed by atoms with van der Waals surface area (Å²) in [7, 11) is 0. The first-order chi connectivity index (χ1) is 16.1. The van der Waals surface area contributed by atoms with Crippen LogP contribution in [0.25, 0.3) is 10.8 Å². The Kier molecular flexibility index (Phi) is 5.56. The number of benzene rings is 1. The van der Waals surface area contributed by atoms with Gasteiger partial charge < -0.3 is 15.1 Å². The van der Waals surface area contributed by atoms with Gasteiger partial charge in [-0.25, -0.2) is 15.0 Å². The Morgan fingerprint density at radius 3 is 2.48 bits per heavy atom. The summed E-state index contributed by atoms with van der Waals surface area (Å²) in [6.45, 7) is 6.50. The number of hydrogen-bond donors (Lipinski definition) is 1. The van der Waals surface area contributed by atoms with Crippen molar-refractivity contribution in [3.8, 4) is 0 Å². The summed E-state index contributed by atoms with van der Waals surface area (Å²) in [5, 5.41) is 5.18. The number of pyridine rings is 2. The summed E-state index contributed by atoms with van der Waals surface area (Å²) in [6, 6.07) is 15.7. The molecule has 1 aromatic carbocycles. The van der Waals surface area contributed by atoms with E-state index < -0.39 is 0 Å². The fourth-order valence-corrected chi connectivity index (χ4v) is 4.09. The Morgan fingerprint density at radius 1 is 0.879 bits per heavy atom. The second-order valence-corrected chi connectivity index (χ2v) is 8.16. The number of nitrogens with one attached hydrogen (secondary N) is 1. The predicted molar refractivity (Wildman–Crippen MR) is 129 cm³/mol. The summed E-state index contributed by atoms with van der Waals surface area (Å²) in [4.78, 5) is 35.1. The molecule has 0 spiro atoms. The number of aromatic nitrogens is 4. The Balaban J connectivity index is 1.30. The van der Waals surface area contributed by atoms with Gasteiger partial charge in [-0.1, -0.05) is 24.3 Å². The molecule has 0 unspecified atom stereocenters. The molecule has 0 saturated carbocycles. The largest absolute Gasteiger partial charge is 0.353 e. The molecule has 1 saturated heterocycles. The third-order valence-electron chi connectivity index (χ3n) is 5.76. The van der Waals surface area contributed by atoms with Crippen molar-refractivity contribution in [1.29, 1.82) is 0 Å². The number of amides is 1. The first-order valence-electron chi connectivity index (χ1n) is 11.0. The monoisotopic (exact) mass is 439 g/mol. The number of rotatable bonds is 4. The van der Waals surface area contributed by atoms with Gasteiger partial charge in [-0.3, -0.25) is 9.78 Å². The number of aryl methyl sites for hydroxylation is 2. The smallest absolute Gasteiger partial charge is 0.273 e. The van der Waals surface area contributed by atoms with Crippen LogP contribution >= 0.6 is 0 Å². The molecule has 33 heavy (non-hydrogen) atoms. The van der Waals surface area contributed by atoms with Gasteiger partial charge in [-0.2, -0.15) is 0 Å². The summed E-state index contributed by atoms with van der Waals surface area (Å²) in [5.74, 6) is 2.94. The Bertz CT molecular complexity index is 1310. The summed E-state index contributed by atoms with van der Waals surface area (Å²) < 4.78 is 0. The molecule has 8 heteroatoms. The second kappa shape index (κ2) is 8.82. The zero-order chi connectivity index (χ0) is 22.8. The van der Waals surface area contributed by atoms with Crippen LogP contribution in [0.3, 0.4) is 0 Å². The molecule has 3 aromatic heterocycles. The predicted octanol–water partition coefficient (Wildman–Crippen LogP) is 3.74. The Morgan fingerprint density at radius 2 is 1.67 bits per heavy atom. The molecule has 8 nitrogen and oxygen atoms in total. The van der Waals surface area contributed by atoms with E-state index in [0.717, 1.165) is 28.0 Å². The van der Waals surface area contributed by atoms with Crippen molar-refractivity contribution >= 4 is 34.1 Å². The average molecular weight is 440 g/mol. The van der Waals surface area contributed by atoms with E-state index in [1.807, 2.05) is 67.3 Å². The van der Waals surface area contributed by atoms with Crippen LogP contribution in [0.15, 0.2) is 60.9 Å². The van der Waals surface area contributed by atoms with E-state index in [0.29, 0.717) is 43.5 Å². The van der Waals surface area contributed by atoms with Crippen molar-refractivity contribution in [3.05, 3.63) is 78.0 Å². The van der Waals surface area contributed by atoms with Gasteiger partial charge >= 0.3 is 0 Å². The van der Waals surface area contributed by atoms with E-state index in [1.54, 1.807) is 12.4 Å². The van der Waals surface area contributed by atoms with Crippen LogP contribution in [-0.2, 0) is 0 Å². The molecule has 166 valence electrons. The van der Waals surface area contributed by atoms with Gasteiger partial charge in [0.05, 0.1) is 0 Å². The fraction of sp³-hybridized carbons (Fsp3) is 0.240. The van der Waals surface area contributed by atoms with Crippen molar-refractivity contribution in [1.82, 2.24) is 24.8 Å². The second-order valence-electron chi connectivity index (χ2n) is 8.16. The molecule has 1 amide bonds. The minimum absolute atomic E-state index is 0.0294. The fourth-order valence-electron chi connectivity index (χ4n) is 4.09. The van der Waals surface area contributed by atoms with E-state index in [1.165, 1.54) is 0 Å². The molecule has 4 heterocycles. The molecule has 4 aromatic rings. The van der Waals surface area contributed by atoms with Crippen molar-refractivity contribution < 1.29 is 4.79 Å². The van der Waals surface area contributed by atoms with Gasteiger partial charge in [-0.15, -0.1) is 0 Å². The molecule has 1 aliphatic heterocycles. The van der Waals surface area contributed by atoms with Crippen LogP contribution < -0.4 is 10.2 Å². The summed E-state index contributed by atoms with van der Waals surface area (Å²) in [5.41, 5.74) is 1.64. The van der Waals surface area contributed by atoms with Gasteiger partial charge in [0.1, 0.15) is 29.0 Å². The minimum atomic E-state index is -0.0294. The third kappa shape index (κ3) is 4.45. The summed E-state index contributed by atoms with van der Waals surface area (Å²) in [6.07, 6.45) is 3.47. The van der Waals surface area contributed by atoms with E-state index in [9.17, 15) is 4.79 Å². The molecule has 5 rings (SSSR count). The van der Waals surface area contributed by atoms with Crippen LogP contribution in [-0.4, -0.2) is 56.9 Å². The molecule has 1 fully saturated rings. The number of carbonyl (C=O) groups excluding carboxylic acids is 1. The van der Waals surface area contributed by atoms with Crippen molar-refractivity contribution in [3.63, 3.8) is 0 Å². The van der Waals surface area contributed by atoms with Gasteiger partial charge in [0, 0.05) is 50.0 Å². The van der Waals surface area contributed by atoms with E-state index in [2.05, 4.69) is 30.2 Å². The molecule has 0 bridgehead atoms. The quantitative estimate of drug-likeness (QED) is 0.518. The number of nitrogens with zero attached hydrogens (tertiary/aromatic N) is 6. The lowest BCUT2D eigenvalue weighted by Gasteiger charge is -2.35. The van der Waals surface area contributed by atoms with Crippen LogP contribution in [0.4, 0.5) is 17.5 Å². The van der Waals surface area contributed by atoms with Gasteiger partial charge in [0.2, 0.25) is 0 Å². The molecule has 1 N–H and O–H groups in total. The molecular formula is C25H25N7O. The van der Waals surface area contributed by atoms with Crippen LogP contribution in [0.1, 0.15) is 21.9 Å². The van der Waals surface area contributed by atoms with E-state index in [4.69, 9.17) is 0 Å². The molecule has 0 radical (unpaired) electrons. The SMILES string of the molecule is Cc1ccnc(Nc2cc(N3CCN(C(=O)c4nccc5ccccc45)CC3)nc(C)n2)c1. The Labute approximate surface area is 192 Å². The van der Waals surface area contributed by atoms with Crippen molar-refractivity contribution in [2.24, 2.45) is 0 Å². The number of anilines is 3. The molecule has 0 aliphatic carbocycles. The minimum Gasteiger partial charge on any atom is -0.353 e. The molecule has 1 aliphatic rings. The number of hydrogen-bond acceptors (Lipinski definition) is 7. The highest BCUT2D eigenvalue weighted by Crippen LogP contribution is 2.22. The normalized spacial score (nSPS) is 13.9. The first kappa shape index (κ1) is 20.8. The van der Waals surface area contributed by atoms with Gasteiger partial charge in [0.25, 0.3) is 5.91 Å². The highest BCUT2D eigenvalue weighted by Gasteiger charge is 2.25. The lowest BCUT2D eigenvalue weighted by molar-refractivity contribution is 0.0743. The maximum Gasteiger partial charge on any atom is 0.273 e. The first-order valence-corrected chi connectivity index (χ1v) is 11.0. The highest BCUT2D eigenvalue weighted by molar-refractivity contribution is 6.05. The van der Waals surface area contributed by atoms with Crippen molar-refractivity contribution in [2.75, 3.05) is 36.4 Å². The molecular weight excluding hydrogens is 414 g/mol.